The van der Waals surface area contributed by atoms with E-state index in [1.54, 1.807) is 46.0 Å². The Bertz CT molecular complexity index is 2510. The molecule has 4 heterocycles. The first-order valence-corrected chi connectivity index (χ1v) is 21.7. The van der Waals surface area contributed by atoms with Gasteiger partial charge in [-0.1, -0.05) is 50.2 Å². The second kappa shape index (κ2) is 16.9. The average molecular weight is 886 g/mol. The van der Waals surface area contributed by atoms with Gasteiger partial charge in [-0.2, -0.15) is 12.6 Å². The molecule has 15 heteroatoms. The van der Waals surface area contributed by atoms with Gasteiger partial charge < -0.3 is 54.5 Å². The molecule has 0 saturated carbocycles. The number of anilines is 5. The molecule has 64 heavy (non-hydrogen) atoms. The molecule has 4 N–H and O–H groups in total. The summed E-state index contributed by atoms with van der Waals surface area (Å²) in [6.45, 7) is 4.00. The highest BCUT2D eigenvalue weighted by Gasteiger charge is 2.43. The van der Waals surface area contributed by atoms with Gasteiger partial charge in [0.25, 0.3) is 11.8 Å². The molecular formula is C49H51N5O9S. The minimum absolute atomic E-state index is 0.0349. The van der Waals surface area contributed by atoms with Gasteiger partial charge in [-0.05, 0) is 84.0 Å². The van der Waals surface area contributed by atoms with Crippen molar-refractivity contribution < 1.29 is 43.5 Å². The number of methoxy groups -OCH3 is 2. The molecule has 4 atom stereocenters. The number of para-hydroxylation sites is 2. The first kappa shape index (κ1) is 42.9. The monoisotopic (exact) mass is 885 g/mol. The lowest BCUT2D eigenvalue weighted by Gasteiger charge is -2.26. The molecule has 332 valence electrons. The molecule has 0 bridgehead atoms. The summed E-state index contributed by atoms with van der Waals surface area (Å²) in [6, 6.07) is 26.5. The van der Waals surface area contributed by atoms with Crippen LogP contribution in [0.15, 0.2) is 91.0 Å². The smallest absolute Gasteiger partial charge is 0.260 e. The molecule has 0 saturated heterocycles. The van der Waals surface area contributed by atoms with Gasteiger partial charge >= 0.3 is 0 Å². The summed E-state index contributed by atoms with van der Waals surface area (Å²) in [5.74, 6) is 0.704. The normalized spacial score (nSPS) is 19.4. The maximum atomic E-state index is 14.1. The highest BCUT2D eigenvalue weighted by molar-refractivity contribution is 7.81. The summed E-state index contributed by atoms with van der Waals surface area (Å²) in [6.07, 6.45) is -0.238. The van der Waals surface area contributed by atoms with Crippen LogP contribution in [0.2, 0.25) is 0 Å². The molecular weight excluding hydrogens is 835 g/mol. The lowest BCUT2D eigenvalue weighted by Crippen LogP contribution is -2.45. The Morgan fingerprint density at radius 3 is 1.61 bits per heavy atom. The van der Waals surface area contributed by atoms with E-state index in [2.05, 4.69) is 23.3 Å². The van der Waals surface area contributed by atoms with Crippen molar-refractivity contribution in [3.05, 3.63) is 124 Å². The predicted molar refractivity (Wildman–Crippen MR) is 248 cm³/mol. The van der Waals surface area contributed by atoms with Crippen molar-refractivity contribution in [2.24, 2.45) is 0 Å². The van der Waals surface area contributed by atoms with Crippen molar-refractivity contribution in [3.8, 4) is 23.0 Å². The number of fused-ring (bicyclic) bond motifs is 8. The average Bonchev–Trinajstić information content (AvgIpc) is 3.83. The zero-order valence-electron chi connectivity index (χ0n) is 36.3. The van der Waals surface area contributed by atoms with E-state index < -0.39 is 24.5 Å². The SMILES string of the molecule is COc1cc2c(cc1OCc1cc(COc3cc4c(cc3OC)C(=O)N3c5ccccc5C[C@H]3C(O)N4)cc(N(C)C(=O)CCC(C)(C)S)c1)NC(O)[C@@H]1Cc3ccccc3N1C2=O. The summed E-state index contributed by atoms with van der Waals surface area (Å²) in [5, 5.41) is 28.9. The first-order chi connectivity index (χ1) is 30.7. The number of carbonyl (C=O) groups is 3. The number of ether oxygens (including phenoxy) is 4. The summed E-state index contributed by atoms with van der Waals surface area (Å²) >= 11 is 4.62. The number of aliphatic hydroxyl groups excluding tert-OH is 2. The highest BCUT2D eigenvalue weighted by atomic mass is 32.1. The Labute approximate surface area is 377 Å². The molecule has 4 aliphatic heterocycles. The molecule has 2 unspecified atom stereocenters. The Hall–Kier alpha value is -6.42. The molecule has 4 aliphatic rings. The Balaban J connectivity index is 0.995. The molecule has 5 aromatic rings. The van der Waals surface area contributed by atoms with Crippen molar-refractivity contribution >= 4 is 58.8 Å². The number of benzene rings is 5. The van der Waals surface area contributed by atoms with Gasteiger partial charge in [-0.25, -0.2) is 0 Å². The Kier molecular flexibility index (Phi) is 11.3. The number of amides is 3. The lowest BCUT2D eigenvalue weighted by molar-refractivity contribution is -0.118. The summed E-state index contributed by atoms with van der Waals surface area (Å²) in [5.41, 5.74) is 7.00. The van der Waals surface area contributed by atoms with Crippen LogP contribution in [0, 0.1) is 0 Å². The van der Waals surface area contributed by atoms with E-state index >= 15 is 0 Å². The van der Waals surface area contributed by atoms with Crippen LogP contribution in [0.25, 0.3) is 0 Å². The number of carbonyl (C=O) groups excluding carboxylic acids is 3. The standard InChI is InChI=1S/C49H51N5O9S/c1-49(2,64)15-14-44(55)52(3)31-17-27(25-62-42-23-34-32(21-40(42)60-4)47(58)53-36-12-8-6-10-29(36)19-38(53)45(56)50-34)16-28(18-31)26-63-43-24-35-33(22-41(43)61-5)48(59)54-37-13-9-7-11-30(37)20-39(54)46(57)51-35/h6-13,16-18,21-24,38-39,45-46,50-51,56-57,64H,14-15,19-20,25-26H2,1-5H3/t38-,39-,45?,46?/m0/s1. The predicted octanol–water partition coefficient (Wildman–Crippen LogP) is 6.94. The maximum absolute atomic E-state index is 14.1. The number of nitrogens with zero attached hydrogens (tertiary/aromatic N) is 3. The fourth-order valence-corrected chi connectivity index (χ4v) is 9.14. The summed E-state index contributed by atoms with van der Waals surface area (Å²) < 4.78 is 24.0. The van der Waals surface area contributed by atoms with Crippen molar-refractivity contribution in [1.82, 2.24) is 0 Å². The van der Waals surface area contributed by atoms with Gasteiger partial charge in [0.1, 0.15) is 25.7 Å². The largest absolute Gasteiger partial charge is 0.493 e. The molecule has 9 rings (SSSR count). The third kappa shape index (κ3) is 8.03. The van der Waals surface area contributed by atoms with E-state index in [0.29, 0.717) is 81.6 Å². The number of hydrogen-bond acceptors (Lipinski definition) is 12. The molecule has 14 nitrogen and oxygen atoms in total. The number of nitrogens with one attached hydrogen (secondary N) is 2. The molecule has 0 spiro atoms. The first-order valence-electron chi connectivity index (χ1n) is 21.2. The second-order valence-electron chi connectivity index (χ2n) is 17.3. The van der Waals surface area contributed by atoms with E-state index in [1.165, 1.54) is 14.2 Å². The Morgan fingerprint density at radius 2 is 1.17 bits per heavy atom. The number of hydrogen-bond donors (Lipinski definition) is 5. The van der Waals surface area contributed by atoms with Crippen LogP contribution in [0.5, 0.6) is 23.0 Å². The zero-order valence-corrected chi connectivity index (χ0v) is 37.1. The van der Waals surface area contributed by atoms with Crippen LogP contribution in [0.1, 0.15) is 69.7 Å². The van der Waals surface area contributed by atoms with Gasteiger partial charge in [-0.3, -0.25) is 14.4 Å². The third-order valence-electron chi connectivity index (χ3n) is 12.4. The molecule has 0 aliphatic carbocycles. The van der Waals surface area contributed by atoms with Crippen LogP contribution in [0.3, 0.4) is 0 Å². The van der Waals surface area contributed by atoms with E-state index in [0.717, 1.165) is 22.5 Å². The Morgan fingerprint density at radius 1 is 0.719 bits per heavy atom. The number of rotatable bonds is 12. The van der Waals surface area contributed by atoms with Gasteiger partial charge in [-0.15, -0.1) is 0 Å². The maximum Gasteiger partial charge on any atom is 0.260 e. The van der Waals surface area contributed by atoms with Crippen molar-refractivity contribution in [2.75, 3.05) is 46.6 Å². The van der Waals surface area contributed by atoms with Crippen LogP contribution >= 0.6 is 12.6 Å². The van der Waals surface area contributed by atoms with E-state index in [1.807, 2.05) is 80.6 Å². The van der Waals surface area contributed by atoms with Gasteiger partial charge in [0.05, 0.1) is 48.8 Å². The zero-order chi connectivity index (χ0) is 45.0. The topological polar surface area (TPSA) is 162 Å². The fourth-order valence-electron chi connectivity index (χ4n) is 9.03. The molecule has 0 aromatic heterocycles. The number of thiol groups is 1. The minimum Gasteiger partial charge on any atom is -0.493 e. The minimum atomic E-state index is -1.05. The lowest BCUT2D eigenvalue weighted by atomic mass is 10.1. The van der Waals surface area contributed by atoms with Gasteiger partial charge in [0, 0.05) is 47.4 Å². The van der Waals surface area contributed by atoms with Crippen LogP contribution in [-0.2, 0) is 30.8 Å². The van der Waals surface area contributed by atoms with Crippen molar-refractivity contribution in [2.45, 2.75) is 82.0 Å². The second-order valence-corrected chi connectivity index (χ2v) is 18.5. The molecule has 5 aromatic carbocycles. The van der Waals surface area contributed by atoms with Crippen molar-refractivity contribution in [3.63, 3.8) is 0 Å². The quantitative estimate of drug-likeness (QED) is 0.0826. The van der Waals surface area contributed by atoms with Gasteiger partial charge in [0.15, 0.2) is 23.0 Å². The molecule has 3 amide bonds. The highest BCUT2D eigenvalue weighted by Crippen LogP contribution is 2.44. The van der Waals surface area contributed by atoms with Crippen molar-refractivity contribution in [1.29, 1.82) is 0 Å². The summed E-state index contributed by atoms with van der Waals surface area (Å²) in [4.78, 5) is 46.6. The third-order valence-corrected chi connectivity index (χ3v) is 12.6. The number of aliphatic hydroxyl groups is 2. The van der Waals surface area contributed by atoms with E-state index in [9.17, 15) is 24.6 Å². The molecule has 0 fully saturated rings. The van der Waals surface area contributed by atoms with Crippen LogP contribution in [-0.4, -0.2) is 78.5 Å². The summed E-state index contributed by atoms with van der Waals surface area (Å²) in [7, 11) is 4.72. The van der Waals surface area contributed by atoms with Crippen LogP contribution in [0.4, 0.5) is 28.4 Å². The van der Waals surface area contributed by atoms with E-state index in [4.69, 9.17) is 18.9 Å². The fraction of sp³-hybridized carbons (Fsp3) is 0.327. The molecule has 0 radical (unpaired) electrons. The van der Waals surface area contributed by atoms with Crippen LogP contribution < -0.4 is 44.3 Å². The van der Waals surface area contributed by atoms with Gasteiger partial charge in [0.2, 0.25) is 5.91 Å². The van der Waals surface area contributed by atoms with E-state index in [-0.39, 0.29) is 42.1 Å².